The standard InChI is InChI=1S/C16H22N4S/c1-12-17-8-9-20(12)15-13(5-4-7-18-15)19-14-11-21-10-6-16(14,2)3/h4-5,7-9,14,19H,6,10-11H2,1-3H3. The molecule has 3 heterocycles. The molecule has 0 saturated carbocycles. The minimum Gasteiger partial charge on any atom is -0.378 e. The first kappa shape index (κ1) is 14.4. The third-order valence-corrected chi connectivity index (χ3v) is 5.35. The highest BCUT2D eigenvalue weighted by molar-refractivity contribution is 7.99. The number of anilines is 1. The van der Waals surface area contributed by atoms with Gasteiger partial charge < -0.3 is 5.32 Å². The first-order chi connectivity index (χ1) is 10.1. The Morgan fingerprint density at radius 3 is 2.90 bits per heavy atom. The number of nitrogens with one attached hydrogen (secondary N) is 1. The molecule has 0 spiro atoms. The molecule has 2 aromatic heterocycles. The van der Waals surface area contributed by atoms with E-state index in [1.54, 1.807) is 0 Å². The Morgan fingerprint density at radius 2 is 2.19 bits per heavy atom. The quantitative estimate of drug-likeness (QED) is 0.942. The van der Waals surface area contributed by atoms with Crippen LogP contribution in [0.3, 0.4) is 0 Å². The zero-order valence-corrected chi connectivity index (χ0v) is 13.7. The molecule has 3 rings (SSSR count). The van der Waals surface area contributed by atoms with Crippen molar-refractivity contribution in [2.24, 2.45) is 5.41 Å². The molecular weight excluding hydrogens is 280 g/mol. The van der Waals surface area contributed by atoms with Gasteiger partial charge in [0.15, 0.2) is 5.82 Å². The molecule has 21 heavy (non-hydrogen) atoms. The van der Waals surface area contributed by atoms with Crippen LogP contribution in [0, 0.1) is 12.3 Å². The monoisotopic (exact) mass is 302 g/mol. The smallest absolute Gasteiger partial charge is 0.161 e. The van der Waals surface area contributed by atoms with Gasteiger partial charge in [-0.1, -0.05) is 13.8 Å². The highest BCUT2D eigenvalue weighted by Crippen LogP contribution is 2.36. The van der Waals surface area contributed by atoms with Gasteiger partial charge in [0.05, 0.1) is 5.69 Å². The van der Waals surface area contributed by atoms with Crippen LogP contribution in [0.25, 0.3) is 5.82 Å². The third kappa shape index (κ3) is 2.93. The second-order valence-corrected chi connectivity index (χ2v) is 7.38. The summed E-state index contributed by atoms with van der Waals surface area (Å²) in [5, 5.41) is 3.72. The summed E-state index contributed by atoms with van der Waals surface area (Å²) in [6, 6.07) is 4.56. The number of pyridine rings is 1. The largest absolute Gasteiger partial charge is 0.378 e. The topological polar surface area (TPSA) is 42.7 Å². The van der Waals surface area contributed by atoms with Crippen molar-refractivity contribution in [3.05, 3.63) is 36.5 Å². The molecular formula is C16H22N4S. The van der Waals surface area contributed by atoms with E-state index in [-0.39, 0.29) is 0 Å². The maximum absolute atomic E-state index is 4.55. The van der Waals surface area contributed by atoms with E-state index in [0.29, 0.717) is 11.5 Å². The van der Waals surface area contributed by atoms with Crippen molar-refractivity contribution >= 4 is 17.4 Å². The summed E-state index contributed by atoms with van der Waals surface area (Å²) in [5.41, 5.74) is 1.39. The first-order valence-corrected chi connectivity index (χ1v) is 8.53. The minimum absolute atomic E-state index is 0.308. The minimum atomic E-state index is 0.308. The Morgan fingerprint density at radius 1 is 1.33 bits per heavy atom. The molecule has 1 aliphatic rings. The van der Waals surface area contributed by atoms with Crippen LogP contribution in [0.4, 0.5) is 5.69 Å². The van der Waals surface area contributed by atoms with Gasteiger partial charge >= 0.3 is 0 Å². The zero-order chi connectivity index (χ0) is 14.9. The van der Waals surface area contributed by atoms with Crippen molar-refractivity contribution in [1.82, 2.24) is 14.5 Å². The van der Waals surface area contributed by atoms with Crippen molar-refractivity contribution in [3.8, 4) is 5.82 Å². The van der Waals surface area contributed by atoms with E-state index in [0.717, 1.165) is 23.1 Å². The van der Waals surface area contributed by atoms with Crippen LogP contribution in [0.2, 0.25) is 0 Å². The highest BCUT2D eigenvalue weighted by atomic mass is 32.2. The summed E-state index contributed by atoms with van der Waals surface area (Å²) < 4.78 is 2.03. The summed E-state index contributed by atoms with van der Waals surface area (Å²) >= 11 is 2.03. The molecule has 0 aromatic carbocycles. The Balaban J connectivity index is 1.91. The number of thioether (sulfide) groups is 1. The van der Waals surface area contributed by atoms with Crippen LogP contribution in [0.15, 0.2) is 30.7 Å². The van der Waals surface area contributed by atoms with Crippen LogP contribution >= 0.6 is 11.8 Å². The van der Waals surface area contributed by atoms with Gasteiger partial charge in [-0.3, -0.25) is 4.57 Å². The van der Waals surface area contributed by atoms with Crippen LogP contribution in [-0.2, 0) is 0 Å². The van der Waals surface area contributed by atoms with Gasteiger partial charge in [0, 0.05) is 30.4 Å². The van der Waals surface area contributed by atoms with E-state index < -0.39 is 0 Å². The van der Waals surface area contributed by atoms with Gasteiger partial charge in [-0.2, -0.15) is 11.8 Å². The number of hydrogen-bond acceptors (Lipinski definition) is 4. The summed E-state index contributed by atoms with van der Waals surface area (Å²) in [5.74, 6) is 4.28. The van der Waals surface area contributed by atoms with Gasteiger partial charge in [0.25, 0.3) is 0 Å². The van der Waals surface area contributed by atoms with Crippen molar-refractivity contribution in [3.63, 3.8) is 0 Å². The molecule has 1 aliphatic heterocycles. The van der Waals surface area contributed by atoms with Crippen LogP contribution in [0.1, 0.15) is 26.1 Å². The van der Waals surface area contributed by atoms with Crippen LogP contribution < -0.4 is 5.32 Å². The van der Waals surface area contributed by atoms with E-state index in [2.05, 4.69) is 35.2 Å². The van der Waals surface area contributed by atoms with Gasteiger partial charge in [-0.05, 0) is 36.6 Å². The summed E-state index contributed by atoms with van der Waals surface area (Å²) in [6.07, 6.45) is 6.85. The predicted molar refractivity (Wildman–Crippen MR) is 89.2 cm³/mol. The summed E-state index contributed by atoms with van der Waals surface area (Å²) in [4.78, 5) is 8.85. The van der Waals surface area contributed by atoms with Crippen molar-refractivity contribution in [2.75, 3.05) is 16.8 Å². The number of nitrogens with zero attached hydrogens (tertiary/aromatic N) is 3. The van der Waals surface area contributed by atoms with E-state index >= 15 is 0 Å². The molecule has 0 bridgehead atoms. The van der Waals surface area contributed by atoms with Crippen molar-refractivity contribution in [2.45, 2.75) is 33.2 Å². The molecule has 1 saturated heterocycles. The van der Waals surface area contributed by atoms with Gasteiger partial charge in [0.2, 0.25) is 0 Å². The summed E-state index contributed by atoms with van der Waals surface area (Å²) in [6.45, 7) is 6.70. The Labute approximate surface area is 130 Å². The molecule has 0 amide bonds. The van der Waals surface area contributed by atoms with Gasteiger partial charge in [-0.15, -0.1) is 0 Å². The van der Waals surface area contributed by atoms with Gasteiger partial charge in [-0.25, -0.2) is 9.97 Å². The number of imidazole rings is 1. The maximum Gasteiger partial charge on any atom is 0.161 e. The molecule has 4 nitrogen and oxygen atoms in total. The van der Waals surface area contributed by atoms with E-state index in [4.69, 9.17) is 0 Å². The number of hydrogen-bond donors (Lipinski definition) is 1. The normalized spacial score (nSPS) is 21.2. The Bertz CT molecular complexity index is 620. The molecule has 1 atom stereocenters. The van der Waals surface area contributed by atoms with Crippen LogP contribution in [0.5, 0.6) is 0 Å². The number of aromatic nitrogens is 3. The van der Waals surface area contributed by atoms with Crippen molar-refractivity contribution in [1.29, 1.82) is 0 Å². The van der Waals surface area contributed by atoms with Crippen molar-refractivity contribution < 1.29 is 0 Å². The molecule has 0 aliphatic carbocycles. The lowest BCUT2D eigenvalue weighted by molar-refractivity contribution is 0.305. The maximum atomic E-state index is 4.55. The second-order valence-electron chi connectivity index (χ2n) is 6.23. The Hall–Kier alpha value is -1.49. The highest BCUT2D eigenvalue weighted by Gasteiger charge is 2.33. The average Bonchev–Trinajstić information content (AvgIpc) is 2.88. The molecule has 1 N–H and O–H groups in total. The van der Waals surface area contributed by atoms with E-state index in [1.165, 1.54) is 12.2 Å². The first-order valence-electron chi connectivity index (χ1n) is 7.37. The molecule has 1 unspecified atom stereocenters. The van der Waals surface area contributed by atoms with Crippen LogP contribution in [-0.4, -0.2) is 32.1 Å². The fourth-order valence-electron chi connectivity index (χ4n) is 2.66. The number of aryl methyl sites for hydroxylation is 1. The van der Waals surface area contributed by atoms with Gasteiger partial charge in [0.1, 0.15) is 5.82 Å². The lowest BCUT2D eigenvalue weighted by Gasteiger charge is -2.39. The fraction of sp³-hybridized carbons (Fsp3) is 0.500. The average molecular weight is 302 g/mol. The SMILES string of the molecule is Cc1nccn1-c1ncccc1NC1CSCCC1(C)C. The molecule has 5 heteroatoms. The lowest BCUT2D eigenvalue weighted by Crippen LogP contribution is -2.41. The molecule has 0 radical (unpaired) electrons. The van der Waals surface area contributed by atoms with E-state index in [9.17, 15) is 0 Å². The molecule has 112 valence electrons. The molecule has 1 fully saturated rings. The second kappa shape index (κ2) is 5.72. The molecule has 2 aromatic rings. The van der Waals surface area contributed by atoms with E-state index in [1.807, 2.05) is 47.9 Å². The zero-order valence-electron chi connectivity index (χ0n) is 12.8. The Kier molecular flexibility index (Phi) is 3.93. The summed E-state index contributed by atoms with van der Waals surface area (Å²) in [7, 11) is 0. The number of rotatable bonds is 3. The fourth-order valence-corrected chi connectivity index (χ4v) is 4.27. The predicted octanol–water partition coefficient (Wildman–Crippen LogP) is 3.52. The lowest BCUT2D eigenvalue weighted by atomic mass is 9.82. The third-order valence-electron chi connectivity index (χ3n) is 4.29.